The van der Waals surface area contributed by atoms with Crippen LogP contribution in [-0.4, -0.2) is 42.6 Å². The lowest BCUT2D eigenvalue weighted by molar-refractivity contribution is -0.120. The molecule has 1 saturated heterocycles. The average Bonchev–Trinajstić information content (AvgIpc) is 2.68. The molecule has 1 aliphatic heterocycles. The van der Waals surface area contributed by atoms with Gasteiger partial charge in [-0.3, -0.25) is 14.6 Å². The van der Waals surface area contributed by atoms with Gasteiger partial charge in [0.2, 0.25) is 5.91 Å². The number of hydrogen-bond acceptors (Lipinski definition) is 5. The summed E-state index contributed by atoms with van der Waals surface area (Å²) in [7, 11) is 0. The largest absolute Gasteiger partial charge is 0.378 e. The molecule has 0 radical (unpaired) electrons. The Morgan fingerprint density at radius 3 is 2.92 bits per heavy atom. The summed E-state index contributed by atoms with van der Waals surface area (Å²) in [5.41, 5.74) is 1.83. The number of rotatable bonds is 5. The first-order valence-corrected chi connectivity index (χ1v) is 8.12. The molecule has 2 heterocycles. The van der Waals surface area contributed by atoms with E-state index >= 15 is 0 Å². The molecule has 1 aromatic carbocycles. The van der Waals surface area contributed by atoms with Gasteiger partial charge in [0.25, 0.3) is 5.91 Å². The average molecular weight is 340 g/mol. The smallest absolute Gasteiger partial charge is 0.251 e. The molecule has 1 aromatic heterocycles. The summed E-state index contributed by atoms with van der Waals surface area (Å²) in [6, 6.07) is 12.0. The van der Waals surface area contributed by atoms with E-state index in [9.17, 15) is 9.59 Å². The van der Waals surface area contributed by atoms with E-state index in [1.165, 1.54) is 0 Å². The van der Waals surface area contributed by atoms with Crippen molar-refractivity contribution in [3.8, 4) is 0 Å². The van der Waals surface area contributed by atoms with Gasteiger partial charge in [0.1, 0.15) is 6.04 Å². The van der Waals surface area contributed by atoms with E-state index in [0.717, 1.165) is 5.69 Å². The van der Waals surface area contributed by atoms with Crippen molar-refractivity contribution in [2.75, 3.05) is 25.1 Å². The molecule has 2 amide bonds. The van der Waals surface area contributed by atoms with Gasteiger partial charge in [-0.25, -0.2) is 0 Å². The van der Waals surface area contributed by atoms with Crippen LogP contribution in [-0.2, 0) is 16.1 Å². The zero-order chi connectivity index (χ0) is 17.5. The fourth-order valence-electron chi connectivity index (χ4n) is 2.48. The van der Waals surface area contributed by atoms with E-state index in [-0.39, 0.29) is 17.9 Å². The van der Waals surface area contributed by atoms with Crippen molar-refractivity contribution < 1.29 is 14.3 Å². The number of pyridine rings is 1. The normalized spacial score (nSPS) is 16.9. The first-order valence-electron chi connectivity index (χ1n) is 8.12. The van der Waals surface area contributed by atoms with E-state index in [2.05, 4.69) is 20.9 Å². The number of carbonyl (C=O) groups is 2. The van der Waals surface area contributed by atoms with Gasteiger partial charge in [0.15, 0.2) is 0 Å². The highest BCUT2D eigenvalue weighted by atomic mass is 16.5. The number of nitrogens with zero attached hydrogens (tertiary/aromatic N) is 1. The number of nitrogens with one attached hydrogen (secondary N) is 3. The molecule has 130 valence electrons. The second-order valence-electron chi connectivity index (χ2n) is 5.66. The number of benzene rings is 1. The summed E-state index contributed by atoms with van der Waals surface area (Å²) in [6.45, 7) is 1.94. The van der Waals surface area contributed by atoms with Crippen LogP contribution in [0.3, 0.4) is 0 Å². The van der Waals surface area contributed by atoms with E-state index in [1.807, 2.05) is 18.2 Å². The molecule has 3 N–H and O–H groups in total. The molecule has 7 nitrogen and oxygen atoms in total. The fraction of sp³-hybridized carbons (Fsp3) is 0.278. The van der Waals surface area contributed by atoms with Crippen LogP contribution in [0.4, 0.5) is 5.69 Å². The maximum absolute atomic E-state index is 12.3. The molecule has 0 aliphatic carbocycles. The molecule has 2 aromatic rings. The lowest BCUT2D eigenvalue weighted by Gasteiger charge is -2.22. The predicted octanol–water partition coefficient (Wildman–Crippen LogP) is 0.938. The van der Waals surface area contributed by atoms with Crippen molar-refractivity contribution >= 4 is 17.5 Å². The van der Waals surface area contributed by atoms with Crippen molar-refractivity contribution in [2.45, 2.75) is 12.6 Å². The highest BCUT2D eigenvalue weighted by Crippen LogP contribution is 2.12. The Kier molecular flexibility index (Phi) is 5.71. The van der Waals surface area contributed by atoms with Gasteiger partial charge in [0.05, 0.1) is 25.5 Å². The number of aromatic nitrogens is 1. The first-order chi connectivity index (χ1) is 12.2. The summed E-state index contributed by atoms with van der Waals surface area (Å²) < 4.78 is 5.28. The second kappa shape index (κ2) is 8.36. The van der Waals surface area contributed by atoms with E-state index < -0.39 is 0 Å². The summed E-state index contributed by atoms with van der Waals surface area (Å²) in [5.74, 6) is -0.397. The Labute approximate surface area is 145 Å². The minimum Gasteiger partial charge on any atom is -0.378 e. The third kappa shape index (κ3) is 4.85. The summed E-state index contributed by atoms with van der Waals surface area (Å²) >= 11 is 0. The minimum absolute atomic E-state index is 0.175. The fourth-order valence-corrected chi connectivity index (χ4v) is 2.48. The van der Waals surface area contributed by atoms with Crippen LogP contribution in [0, 0.1) is 0 Å². The molecule has 7 heteroatoms. The molecule has 0 saturated carbocycles. The predicted molar refractivity (Wildman–Crippen MR) is 93.1 cm³/mol. The van der Waals surface area contributed by atoms with E-state index in [0.29, 0.717) is 37.6 Å². The number of carbonyl (C=O) groups excluding carboxylic acids is 2. The van der Waals surface area contributed by atoms with Crippen LogP contribution in [0.5, 0.6) is 0 Å². The van der Waals surface area contributed by atoms with Crippen molar-refractivity contribution in [3.63, 3.8) is 0 Å². The number of morpholine rings is 1. The van der Waals surface area contributed by atoms with Gasteiger partial charge in [-0.1, -0.05) is 12.1 Å². The van der Waals surface area contributed by atoms with Crippen molar-refractivity contribution in [1.82, 2.24) is 15.6 Å². The minimum atomic E-state index is -0.379. The molecular weight excluding hydrogens is 320 g/mol. The van der Waals surface area contributed by atoms with Crippen molar-refractivity contribution in [2.24, 2.45) is 0 Å². The Balaban J connectivity index is 1.58. The molecule has 0 spiro atoms. The summed E-state index contributed by atoms with van der Waals surface area (Å²) in [6.07, 6.45) is 1.68. The van der Waals surface area contributed by atoms with Crippen molar-refractivity contribution in [3.05, 3.63) is 59.9 Å². The molecule has 3 rings (SSSR count). The highest BCUT2D eigenvalue weighted by Gasteiger charge is 2.21. The Morgan fingerprint density at radius 1 is 1.24 bits per heavy atom. The number of anilines is 1. The van der Waals surface area contributed by atoms with Gasteiger partial charge in [-0.15, -0.1) is 0 Å². The van der Waals surface area contributed by atoms with Crippen LogP contribution < -0.4 is 16.0 Å². The standard InChI is InChI=1S/C18H20N4O3/c23-17(21-11-15-5-1-2-7-19-15)13-4-3-6-14(10-13)22-18(24)16-12-25-9-8-20-16/h1-7,10,16,20H,8-9,11-12H2,(H,21,23)(H,22,24). The van der Waals surface area contributed by atoms with Crippen molar-refractivity contribution in [1.29, 1.82) is 0 Å². The topological polar surface area (TPSA) is 92.4 Å². The number of amides is 2. The Hall–Kier alpha value is -2.77. The SMILES string of the molecule is O=C(NCc1ccccn1)c1cccc(NC(=O)C2COCCN2)c1. The lowest BCUT2D eigenvalue weighted by Crippen LogP contribution is -2.48. The number of ether oxygens (including phenoxy) is 1. The summed E-state index contributed by atoms with van der Waals surface area (Å²) in [4.78, 5) is 28.6. The van der Waals surface area contributed by atoms with Crippen LogP contribution in [0.15, 0.2) is 48.7 Å². The molecular formula is C18H20N4O3. The maximum Gasteiger partial charge on any atom is 0.251 e. The third-order valence-corrected chi connectivity index (χ3v) is 3.79. The van der Waals surface area contributed by atoms with Gasteiger partial charge >= 0.3 is 0 Å². The third-order valence-electron chi connectivity index (χ3n) is 3.79. The van der Waals surface area contributed by atoms with Crippen LogP contribution >= 0.6 is 0 Å². The molecule has 1 unspecified atom stereocenters. The monoisotopic (exact) mass is 340 g/mol. The summed E-state index contributed by atoms with van der Waals surface area (Å²) in [5, 5.41) is 8.71. The Bertz CT molecular complexity index is 730. The highest BCUT2D eigenvalue weighted by molar-refractivity contribution is 5.98. The van der Waals surface area contributed by atoms with Gasteiger partial charge < -0.3 is 20.7 Å². The Morgan fingerprint density at radius 2 is 2.16 bits per heavy atom. The first kappa shape index (κ1) is 17.1. The van der Waals surface area contributed by atoms with Crippen LogP contribution in [0.25, 0.3) is 0 Å². The maximum atomic E-state index is 12.3. The van der Waals surface area contributed by atoms with Crippen LogP contribution in [0.1, 0.15) is 16.1 Å². The molecule has 0 bridgehead atoms. The zero-order valence-electron chi connectivity index (χ0n) is 13.7. The van der Waals surface area contributed by atoms with Crippen LogP contribution in [0.2, 0.25) is 0 Å². The molecule has 25 heavy (non-hydrogen) atoms. The van der Waals surface area contributed by atoms with E-state index in [4.69, 9.17) is 4.74 Å². The number of hydrogen-bond donors (Lipinski definition) is 3. The van der Waals surface area contributed by atoms with E-state index in [1.54, 1.807) is 30.5 Å². The quantitative estimate of drug-likeness (QED) is 0.753. The van der Waals surface area contributed by atoms with Gasteiger partial charge in [0, 0.05) is 24.0 Å². The molecule has 1 aliphatic rings. The van der Waals surface area contributed by atoms with Gasteiger partial charge in [-0.05, 0) is 30.3 Å². The molecule has 1 atom stereocenters. The lowest BCUT2D eigenvalue weighted by atomic mass is 10.1. The zero-order valence-corrected chi connectivity index (χ0v) is 13.7. The molecule has 1 fully saturated rings. The van der Waals surface area contributed by atoms with Gasteiger partial charge in [-0.2, -0.15) is 0 Å². The second-order valence-corrected chi connectivity index (χ2v) is 5.66.